The zero-order valence-corrected chi connectivity index (χ0v) is 9.89. The van der Waals surface area contributed by atoms with E-state index in [-0.39, 0.29) is 0 Å². The molecule has 0 atom stereocenters. The lowest BCUT2D eigenvalue weighted by molar-refractivity contribution is 0.687. The largest absolute Gasteiger partial charge is 0.355 e. The highest BCUT2D eigenvalue weighted by Crippen LogP contribution is 2.31. The van der Waals surface area contributed by atoms with Crippen LogP contribution in [0.4, 0.5) is 5.82 Å². The third kappa shape index (κ3) is 2.70. The molecular weight excluding hydrogens is 200 g/mol. The van der Waals surface area contributed by atoms with Crippen molar-refractivity contribution in [3.63, 3.8) is 0 Å². The average molecular weight is 220 g/mol. The van der Waals surface area contributed by atoms with Gasteiger partial charge in [0.05, 0.1) is 6.20 Å². The molecular formula is C12H20N4. The van der Waals surface area contributed by atoms with Crippen molar-refractivity contribution in [2.24, 2.45) is 11.7 Å². The van der Waals surface area contributed by atoms with Gasteiger partial charge in [0.1, 0.15) is 0 Å². The van der Waals surface area contributed by atoms with Gasteiger partial charge in [-0.25, -0.2) is 0 Å². The molecule has 0 amide bonds. The summed E-state index contributed by atoms with van der Waals surface area (Å²) in [6.45, 7) is 4.88. The van der Waals surface area contributed by atoms with Crippen molar-refractivity contribution in [2.45, 2.75) is 32.7 Å². The van der Waals surface area contributed by atoms with E-state index >= 15 is 0 Å². The second kappa shape index (κ2) is 5.25. The van der Waals surface area contributed by atoms with Crippen LogP contribution in [-0.2, 0) is 6.54 Å². The predicted octanol–water partition coefficient (Wildman–Crippen LogP) is 1.56. The normalized spacial score (nSPS) is 15.1. The van der Waals surface area contributed by atoms with Crippen LogP contribution in [0, 0.1) is 5.92 Å². The molecule has 2 N–H and O–H groups in total. The molecule has 0 bridgehead atoms. The van der Waals surface area contributed by atoms with Gasteiger partial charge in [-0.3, -0.25) is 0 Å². The zero-order chi connectivity index (χ0) is 11.4. The van der Waals surface area contributed by atoms with Gasteiger partial charge in [-0.1, -0.05) is 6.92 Å². The predicted molar refractivity (Wildman–Crippen MR) is 65.2 cm³/mol. The molecule has 88 valence electrons. The third-order valence-electron chi connectivity index (χ3n) is 2.97. The molecule has 1 heterocycles. The molecule has 1 aromatic heterocycles. The van der Waals surface area contributed by atoms with Crippen molar-refractivity contribution in [1.29, 1.82) is 0 Å². The number of anilines is 1. The van der Waals surface area contributed by atoms with E-state index in [9.17, 15) is 0 Å². The number of rotatable bonds is 6. The van der Waals surface area contributed by atoms with Crippen molar-refractivity contribution >= 4 is 5.82 Å². The number of hydrogen-bond acceptors (Lipinski definition) is 4. The summed E-state index contributed by atoms with van der Waals surface area (Å²) in [6.07, 6.45) is 5.57. The molecule has 0 unspecified atom stereocenters. The molecule has 0 aliphatic heterocycles. The van der Waals surface area contributed by atoms with Crippen molar-refractivity contribution in [3.05, 3.63) is 17.8 Å². The molecule has 1 aliphatic carbocycles. The van der Waals surface area contributed by atoms with Gasteiger partial charge < -0.3 is 10.6 Å². The summed E-state index contributed by atoms with van der Waals surface area (Å²) in [7, 11) is 0. The van der Waals surface area contributed by atoms with Crippen molar-refractivity contribution in [1.82, 2.24) is 10.2 Å². The molecule has 0 saturated heterocycles. The lowest BCUT2D eigenvalue weighted by Crippen LogP contribution is -2.29. The van der Waals surface area contributed by atoms with Gasteiger partial charge in [-0.2, -0.15) is 5.10 Å². The van der Waals surface area contributed by atoms with Crippen molar-refractivity contribution < 1.29 is 0 Å². The van der Waals surface area contributed by atoms with E-state index in [1.807, 2.05) is 6.07 Å². The van der Waals surface area contributed by atoms with Crippen molar-refractivity contribution in [3.8, 4) is 0 Å². The van der Waals surface area contributed by atoms with E-state index in [1.165, 1.54) is 12.8 Å². The Bertz CT molecular complexity index is 336. The Kier molecular flexibility index (Phi) is 3.72. The SMILES string of the molecule is CCCN(CC1CC1)c1nnccc1CN. The molecule has 1 saturated carbocycles. The van der Waals surface area contributed by atoms with E-state index in [0.717, 1.165) is 36.8 Å². The third-order valence-corrected chi connectivity index (χ3v) is 2.97. The second-order valence-electron chi connectivity index (χ2n) is 4.47. The van der Waals surface area contributed by atoms with E-state index in [1.54, 1.807) is 6.20 Å². The molecule has 0 radical (unpaired) electrons. The van der Waals surface area contributed by atoms with Crippen molar-refractivity contribution in [2.75, 3.05) is 18.0 Å². The van der Waals surface area contributed by atoms with Gasteiger partial charge in [0.2, 0.25) is 0 Å². The summed E-state index contributed by atoms with van der Waals surface area (Å²) in [5.41, 5.74) is 6.84. The zero-order valence-electron chi connectivity index (χ0n) is 9.89. The Labute approximate surface area is 96.9 Å². The van der Waals surface area contributed by atoms with E-state index in [0.29, 0.717) is 6.54 Å². The standard InChI is InChI=1S/C12H20N4/c1-2-7-16(9-10-3-4-10)12-11(8-13)5-6-14-15-12/h5-6,10H,2-4,7-9,13H2,1H3. The topological polar surface area (TPSA) is 55.0 Å². The number of aromatic nitrogens is 2. The first-order valence-corrected chi connectivity index (χ1v) is 6.10. The first kappa shape index (κ1) is 11.3. The highest BCUT2D eigenvalue weighted by molar-refractivity contribution is 5.45. The molecule has 4 heteroatoms. The fraction of sp³-hybridized carbons (Fsp3) is 0.667. The first-order chi connectivity index (χ1) is 7.85. The van der Waals surface area contributed by atoms with Crippen LogP contribution in [0.2, 0.25) is 0 Å². The Morgan fingerprint density at radius 1 is 1.50 bits per heavy atom. The molecule has 0 spiro atoms. The second-order valence-corrected chi connectivity index (χ2v) is 4.47. The molecule has 2 rings (SSSR count). The Hall–Kier alpha value is -1.16. The lowest BCUT2D eigenvalue weighted by Gasteiger charge is -2.24. The van der Waals surface area contributed by atoms with Crippen LogP contribution in [0.5, 0.6) is 0 Å². The Morgan fingerprint density at radius 2 is 2.31 bits per heavy atom. The minimum atomic E-state index is 0.537. The summed E-state index contributed by atoms with van der Waals surface area (Å²) >= 11 is 0. The summed E-state index contributed by atoms with van der Waals surface area (Å²) in [5.74, 6) is 1.85. The van der Waals surface area contributed by atoms with Crippen LogP contribution in [0.3, 0.4) is 0 Å². The maximum absolute atomic E-state index is 5.74. The summed E-state index contributed by atoms with van der Waals surface area (Å²) in [6, 6.07) is 1.97. The molecule has 16 heavy (non-hydrogen) atoms. The lowest BCUT2D eigenvalue weighted by atomic mass is 10.2. The van der Waals surface area contributed by atoms with Gasteiger partial charge in [0.15, 0.2) is 5.82 Å². The van der Waals surface area contributed by atoms with E-state index in [4.69, 9.17) is 5.73 Å². The van der Waals surface area contributed by atoms with Gasteiger partial charge in [-0.15, -0.1) is 5.10 Å². The highest BCUT2D eigenvalue weighted by atomic mass is 15.3. The fourth-order valence-electron chi connectivity index (χ4n) is 1.94. The number of nitrogens with two attached hydrogens (primary N) is 1. The monoisotopic (exact) mass is 220 g/mol. The summed E-state index contributed by atoms with van der Waals surface area (Å²) in [5, 5.41) is 8.22. The first-order valence-electron chi connectivity index (χ1n) is 6.10. The summed E-state index contributed by atoms with van der Waals surface area (Å²) in [4.78, 5) is 2.34. The van der Waals surface area contributed by atoms with Gasteiger partial charge >= 0.3 is 0 Å². The van der Waals surface area contributed by atoms with Crippen LogP contribution in [0.25, 0.3) is 0 Å². The molecule has 1 aliphatic rings. The fourth-order valence-corrected chi connectivity index (χ4v) is 1.94. The maximum Gasteiger partial charge on any atom is 0.155 e. The molecule has 4 nitrogen and oxygen atoms in total. The maximum atomic E-state index is 5.74. The quantitative estimate of drug-likeness (QED) is 0.790. The Balaban J connectivity index is 2.14. The minimum Gasteiger partial charge on any atom is -0.355 e. The van der Waals surface area contributed by atoms with E-state index < -0.39 is 0 Å². The van der Waals surface area contributed by atoms with Crippen LogP contribution >= 0.6 is 0 Å². The van der Waals surface area contributed by atoms with Crippen LogP contribution in [0.15, 0.2) is 12.3 Å². The van der Waals surface area contributed by atoms with Crippen LogP contribution in [-0.4, -0.2) is 23.3 Å². The number of hydrogen-bond donors (Lipinski definition) is 1. The molecule has 0 aromatic carbocycles. The molecule has 1 fully saturated rings. The Morgan fingerprint density at radius 3 is 2.94 bits per heavy atom. The molecule has 1 aromatic rings. The average Bonchev–Trinajstić information content (AvgIpc) is 3.12. The van der Waals surface area contributed by atoms with Crippen LogP contribution in [0.1, 0.15) is 31.7 Å². The van der Waals surface area contributed by atoms with Gasteiger partial charge in [0, 0.05) is 25.2 Å². The number of nitrogens with zero attached hydrogens (tertiary/aromatic N) is 3. The minimum absolute atomic E-state index is 0.537. The van der Waals surface area contributed by atoms with Gasteiger partial charge in [-0.05, 0) is 31.2 Å². The van der Waals surface area contributed by atoms with Gasteiger partial charge in [0.25, 0.3) is 0 Å². The smallest absolute Gasteiger partial charge is 0.155 e. The highest BCUT2D eigenvalue weighted by Gasteiger charge is 2.25. The van der Waals surface area contributed by atoms with E-state index in [2.05, 4.69) is 22.0 Å². The summed E-state index contributed by atoms with van der Waals surface area (Å²) < 4.78 is 0. The van der Waals surface area contributed by atoms with Crippen LogP contribution < -0.4 is 10.6 Å².